The van der Waals surface area contributed by atoms with E-state index in [-0.39, 0.29) is 0 Å². The van der Waals surface area contributed by atoms with Crippen LogP contribution >= 0.6 is 0 Å². The molecule has 0 saturated heterocycles. The Morgan fingerprint density at radius 2 is 1.76 bits per heavy atom. The summed E-state index contributed by atoms with van der Waals surface area (Å²) in [6, 6.07) is 1.95. The van der Waals surface area contributed by atoms with Gasteiger partial charge in [0.15, 0.2) is 5.82 Å². The van der Waals surface area contributed by atoms with Crippen molar-refractivity contribution in [3.05, 3.63) is 24.0 Å². The van der Waals surface area contributed by atoms with Crippen LogP contribution in [0.2, 0.25) is 0 Å². The van der Waals surface area contributed by atoms with Gasteiger partial charge in [0, 0.05) is 39.0 Å². The minimum atomic E-state index is 0.747. The van der Waals surface area contributed by atoms with E-state index in [0.29, 0.717) is 0 Å². The predicted molar refractivity (Wildman–Crippen MR) is 83.4 cm³/mol. The Kier molecular flexibility index (Phi) is 5.48. The van der Waals surface area contributed by atoms with E-state index in [0.717, 1.165) is 55.6 Å². The fraction of sp³-hybridized carbons (Fsp3) is 0.571. The van der Waals surface area contributed by atoms with Crippen molar-refractivity contribution >= 4 is 11.6 Å². The summed E-state index contributed by atoms with van der Waals surface area (Å²) in [6.07, 6.45) is 4.36. The van der Waals surface area contributed by atoms with Crippen LogP contribution in [0.3, 0.4) is 0 Å². The zero-order valence-electron chi connectivity index (χ0n) is 12.9. The third-order valence-electron chi connectivity index (χ3n) is 2.95. The first kappa shape index (κ1) is 15.2. The number of hydrogen-bond donors (Lipinski definition) is 2. The lowest BCUT2D eigenvalue weighted by molar-refractivity contribution is 0.741. The van der Waals surface area contributed by atoms with Crippen LogP contribution in [0.1, 0.15) is 31.9 Å². The molecule has 7 nitrogen and oxygen atoms in total. The zero-order chi connectivity index (χ0) is 15.1. The van der Waals surface area contributed by atoms with Crippen LogP contribution in [-0.4, -0.2) is 37.8 Å². The second kappa shape index (κ2) is 7.56. The molecule has 0 bridgehead atoms. The fourth-order valence-corrected chi connectivity index (χ4v) is 1.89. The molecule has 0 unspecified atom stereocenters. The molecule has 2 N–H and O–H groups in total. The molecule has 0 aliphatic rings. The van der Waals surface area contributed by atoms with Crippen molar-refractivity contribution in [2.75, 3.05) is 23.7 Å². The molecule has 2 rings (SSSR count). The third-order valence-corrected chi connectivity index (χ3v) is 2.95. The Hall–Kier alpha value is -2.18. The Morgan fingerprint density at radius 3 is 2.33 bits per heavy atom. The first-order valence-corrected chi connectivity index (χ1v) is 7.41. The van der Waals surface area contributed by atoms with Gasteiger partial charge < -0.3 is 10.6 Å². The van der Waals surface area contributed by atoms with Crippen molar-refractivity contribution in [3.63, 3.8) is 0 Å². The standard InChI is InChI=1S/C14H23N7/c1-4-7-15-13-9-14(19-11(5-2)18-13)16-8-6-12-17-10-21(3)20-12/h9-10H,4-8H2,1-3H3,(H2,15,16,18,19). The van der Waals surface area contributed by atoms with Gasteiger partial charge in [-0.15, -0.1) is 0 Å². The molecule has 2 aromatic heterocycles. The lowest BCUT2D eigenvalue weighted by Gasteiger charge is -2.10. The van der Waals surface area contributed by atoms with Gasteiger partial charge >= 0.3 is 0 Å². The molecule has 0 saturated carbocycles. The normalized spacial score (nSPS) is 10.6. The van der Waals surface area contributed by atoms with E-state index in [9.17, 15) is 0 Å². The number of nitrogens with one attached hydrogen (secondary N) is 2. The summed E-state index contributed by atoms with van der Waals surface area (Å²) in [6.45, 7) is 5.85. The number of aromatic nitrogens is 5. The molecule has 2 aromatic rings. The van der Waals surface area contributed by atoms with Crippen LogP contribution in [0.25, 0.3) is 0 Å². The smallest absolute Gasteiger partial charge is 0.152 e. The van der Waals surface area contributed by atoms with Gasteiger partial charge in [0.25, 0.3) is 0 Å². The molecular formula is C14H23N7. The van der Waals surface area contributed by atoms with Crippen molar-refractivity contribution in [3.8, 4) is 0 Å². The topological polar surface area (TPSA) is 80.5 Å². The number of rotatable bonds is 8. The first-order chi connectivity index (χ1) is 10.2. The third kappa shape index (κ3) is 4.70. The Bertz CT molecular complexity index is 564. The molecule has 0 radical (unpaired) electrons. The molecule has 0 atom stereocenters. The van der Waals surface area contributed by atoms with E-state index in [4.69, 9.17) is 0 Å². The molecule has 2 heterocycles. The fourth-order valence-electron chi connectivity index (χ4n) is 1.89. The molecule has 114 valence electrons. The molecule has 0 aliphatic carbocycles. The van der Waals surface area contributed by atoms with Crippen LogP contribution in [0.4, 0.5) is 11.6 Å². The molecule has 0 fully saturated rings. The number of nitrogens with zero attached hydrogens (tertiary/aromatic N) is 5. The maximum atomic E-state index is 4.49. The van der Waals surface area contributed by atoms with Crippen LogP contribution in [-0.2, 0) is 19.9 Å². The van der Waals surface area contributed by atoms with Crippen molar-refractivity contribution < 1.29 is 0 Å². The van der Waals surface area contributed by atoms with E-state index in [1.165, 1.54) is 0 Å². The van der Waals surface area contributed by atoms with Crippen molar-refractivity contribution in [1.82, 2.24) is 24.7 Å². The lowest BCUT2D eigenvalue weighted by Crippen LogP contribution is -2.11. The lowest BCUT2D eigenvalue weighted by atomic mass is 10.3. The van der Waals surface area contributed by atoms with Crippen molar-refractivity contribution in [2.45, 2.75) is 33.1 Å². The maximum Gasteiger partial charge on any atom is 0.152 e. The van der Waals surface area contributed by atoms with Crippen LogP contribution in [0.15, 0.2) is 12.4 Å². The second-order valence-corrected chi connectivity index (χ2v) is 4.85. The highest BCUT2D eigenvalue weighted by atomic mass is 15.3. The summed E-state index contributed by atoms with van der Waals surface area (Å²) in [4.78, 5) is 13.2. The van der Waals surface area contributed by atoms with Gasteiger partial charge in [0.05, 0.1) is 0 Å². The zero-order valence-corrected chi connectivity index (χ0v) is 12.9. The molecule has 0 aromatic carbocycles. The Morgan fingerprint density at radius 1 is 1.05 bits per heavy atom. The van der Waals surface area contributed by atoms with Gasteiger partial charge in [-0.1, -0.05) is 13.8 Å². The quantitative estimate of drug-likeness (QED) is 0.769. The minimum Gasteiger partial charge on any atom is -0.370 e. The van der Waals surface area contributed by atoms with E-state index >= 15 is 0 Å². The van der Waals surface area contributed by atoms with E-state index in [1.807, 2.05) is 13.1 Å². The summed E-state index contributed by atoms with van der Waals surface area (Å²) < 4.78 is 1.71. The van der Waals surface area contributed by atoms with Gasteiger partial charge in [-0.05, 0) is 6.42 Å². The molecule has 0 aliphatic heterocycles. The van der Waals surface area contributed by atoms with E-state index < -0.39 is 0 Å². The monoisotopic (exact) mass is 289 g/mol. The SMILES string of the molecule is CCCNc1cc(NCCc2ncn(C)n2)nc(CC)n1. The average Bonchev–Trinajstić information content (AvgIpc) is 2.90. The summed E-state index contributed by atoms with van der Waals surface area (Å²) in [5, 5.41) is 10.9. The highest BCUT2D eigenvalue weighted by Crippen LogP contribution is 2.12. The van der Waals surface area contributed by atoms with Gasteiger partial charge in [-0.25, -0.2) is 15.0 Å². The van der Waals surface area contributed by atoms with Gasteiger partial charge in [-0.2, -0.15) is 5.10 Å². The summed E-state index contributed by atoms with van der Waals surface area (Å²) >= 11 is 0. The van der Waals surface area contributed by atoms with E-state index in [2.05, 4.69) is 44.5 Å². The highest BCUT2D eigenvalue weighted by Gasteiger charge is 2.04. The maximum absolute atomic E-state index is 4.49. The molecule has 21 heavy (non-hydrogen) atoms. The summed E-state index contributed by atoms with van der Waals surface area (Å²) in [5.41, 5.74) is 0. The predicted octanol–water partition coefficient (Wildman–Crippen LogP) is 1.64. The number of aryl methyl sites for hydroxylation is 2. The van der Waals surface area contributed by atoms with Gasteiger partial charge in [0.1, 0.15) is 23.8 Å². The second-order valence-electron chi connectivity index (χ2n) is 4.85. The summed E-state index contributed by atoms with van der Waals surface area (Å²) in [5.74, 6) is 3.40. The number of hydrogen-bond acceptors (Lipinski definition) is 6. The highest BCUT2D eigenvalue weighted by molar-refractivity contribution is 5.47. The van der Waals surface area contributed by atoms with Crippen LogP contribution in [0, 0.1) is 0 Å². The first-order valence-electron chi connectivity index (χ1n) is 7.41. The average molecular weight is 289 g/mol. The van der Waals surface area contributed by atoms with Crippen molar-refractivity contribution in [2.24, 2.45) is 7.05 Å². The molecule has 0 amide bonds. The van der Waals surface area contributed by atoms with E-state index in [1.54, 1.807) is 11.0 Å². The molecule has 7 heteroatoms. The van der Waals surface area contributed by atoms with Gasteiger partial charge in [-0.3, -0.25) is 4.68 Å². The van der Waals surface area contributed by atoms with Crippen molar-refractivity contribution in [1.29, 1.82) is 0 Å². The minimum absolute atomic E-state index is 0.747. The molecule has 0 spiro atoms. The Balaban J connectivity index is 1.94. The van der Waals surface area contributed by atoms with Crippen LogP contribution in [0.5, 0.6) is 0 Å². The molecular weight excluding hydrogens is 266 g/mol. The number of anilines is 2. The Labute approximate surface area is 125 Å². The van der Waals surface area contributed by atoms with Crippen LogP contribution < -0.4 is 10.6 Å². The van der Waals surface area contributed by atoms with Gasteiger partial charge in [0.2, 0.25) is 0 Å². The largest absolute Gasteiger partial charge is 0.370 e. The summed E-state index contributed by atoms with van der Waals surface area (Å²) in [7, 11) is 1.87.